The molecule has 0 aromatic heterocycles. The van der Waals surface area contributed by atoms with Gasteiger partial charge >= 0.3 is 0 Å². The molecule has 5 heteroatoms. The number of benzene rings is 1. The Labute approximate surface area is 105 Å². The summed E-state index contributed by atoms with van der Waals surface area (Å²) in [6.07, 6.45) is 0.439. The lowest BCUT2D eigenvalue weighted by molar-refractivity contribution is -0.117. The number of halogens is 1. The smallest absolute Gasteiger partial charge is 0.227 e. The Morgan fingerprint density at radius 2 is 2.35 bits per heavy atom. The third-order valence-corrected chi connectivity index (χ3v) is 3.43. The van der Waals surface area contributed by atoms with Crippen molar-refractivity contribution in [2.24, 2.45) is 5.92 Å². The van der Waals surface area contributed by atoms with Crippen LogP contribution in [0.15, 0.2) is 18.2 Å². The minimum atomic E-state index is -0.433. The van der Waals surface area contributed by atoms with Crippen molar-refractivity contribution < 1.29 is 13.9 Å². The summed E-state index contributed by atoms with van der Waals surface area (Å²) in [7, 11) is 1.48. The van der Waals surface area contributed by atoms with Crippen LogP contribution in [0.2, 0.25) is 0 Å². The van der Waals surface area contributed by atoms with Gasteiger partial charge in [-0.2, -0.15) is 12.6 Å². The SMILES string of the molecule is COc1ccc(N2CC(CS)CC2=O)c(F)c1. The minimum Gasteiger partial charge on any atom is -0.497 e. The number of rotatable bonds is 3. The maximum absolute atomic E-state index is 13.8. The summed E-state index contributed by atoms with van der Waals surface area (Å²) < 4.78 is 18.7. The summed E-state index contributed by atoms with van der Waals surface area (Å²) in [5, 5.41) is 0. The number of carbonyl (C=O) groups is 1. The zero-order chi connectivity index (χ0) is 12.4. The molecule has 92 valence electrons. The third-order valence-electron chi connectivity index (χ3n) is 2.91. The number of anilines is 1. The molecule has 1 aliphatic rings. The predicted octanol–water partition coefficient (Wildman–Crippen LogP) is 2.12. The Balaban J connectivity index is 2.26. The highest BCUT2D eigenvalue weighted by Crippen LogP contribution is 2.29. The van der Waals surface area contributed by atoms with Crippen LogP contribution in [0, 0.1) is 11.7 Å². The van der Waals surface area contributed by atoms with E-state index in [1.807, 2.05) is 0 Å². The van der Waals surface area contributed by atoms with Gasteiger partial charge in [-0.25, -0.2) is 4.39 Å². The van der Waals surface area contributed by atoms with Crippen molar-refractivity contribution in [1.82, 2.24) is 0 Å². The zero-order valence-electron chi connectivity index (χ0n) is 9.52. The van der Waals surface area contributed by atoms with Crippen LogP contribution in [0.3, 0.4) is 0 Å². The lowest BCUT2D eigenvalue weighted by Gasteiger charge is -2.17. The summed E-state index contributed by atoms with van der Waals surface area (Å²) in [4.78, 5) is 13.2. The van der Waals surface area contributed by atoms with Crippen molar-refractivity contribution in [2.75, 3.05) is 24.3 Å². The molecule has 1 atom stereocenters. The van der Waals surface area contributed by atoms with Crippen LogP contribution in [0.5, 0.6) is 5.75 Å². The molecule has 1 aromatic rings. The van der Waals surface area contributed by atoms with Crippen LogP contribution in [-0.2, 0) is 4.79 Å². The first-order chi connectivity index (χ1) is 8.15. The van der Waals surface area contributed by atoms with Gasteiger partial charge in [0.05, 0.1) is 12.8 Å². The molecule has 1 unspecified atom stereocenters. The molecule has 0 saturated carbocycles. The average Bonchev–Trinajstić information content (AvgIpc) is 2.70. The van der Waals surface area contributed by atoms with E-state index in [-0.39, 0.29) is 11.8 Å². The molecule has 17 heavy (non-hydrogen) atoms. The summed E-state index contributed by atoms with van der Waals surface area (Å²) in [5.41, 5.74) is 0.320. The number of hydrogen-bond acceptors (Lipinski definition) is 3. The third kappa shape index (κ3) is 2.39. The highest BCUT2D eigenvalue weighted by Gasteiger charge is 2.31. The second-order valence-corrected chi connectivity index (χ2v) is 4.44. The number of amides is 1. The molecular weight excluding hydrogens is 241 g/mol. The largest absolute Gasteiger partial charge is 0.497 e. The quantitative estimate of drug-likeness (QED) is 0.838. The molecule has 0 radical (unpaired) electrons. The van der Waals surface area contributed by atoms with E-state index in [0.717, 1.165) is 0 Å². The Hall–Kier alpha value is -1.23. The molecule has 2 rings (SSSR count). The minimum absolute atomic E-state index is 0.0480. The van der Waals surface area contributed by atoms with Crippen LogP contribution in [-0.4, -0.2) is 25.3 Å². The van der Waals surface area contributed by atoms with E-state index >= 15 is 0 Å². The van der Waals surface area contributed by atoms with Gasteiger partial charge in [0.1, 0.15) is 5.75 Å². The zero-order valence-corrected chi connectivity index (χ0v) is 10.4. The Morgan fingerprint density at radius 1 is 1.59 bits per heavy atom. The molecule has 0 spiro atoms. The molecule has 1 fully saturated rings. The highest BCUT2D eigenvalue weighted by atomic mass is 32.1. The second-order valence-electron chi connectivity index (χ2n) is 4.07. The summed E-state index contributed by atoms with van der Waals surface area (Å²) in [6, 6.07) is 4.52. The van der Waals surface area contributed by atoms with E-state index < -0.39 is 5.82 Å². The van der Waals surface area contributed by atoms with Gasteiger partial charge in [-0.05, 0) is 23.8 Å². The lowest BCUT2D eigenvalue weighted by atomic mass is 10.1. The maximum Gasteiger partial charge on any atom is 0.227 e. The van der Waals surface area contributed by atoms with Crippen molar-refractivity contribution in [3.05, 3.63) is 24.0 Å². The van der Waals surface area contributed by atoms with Crippen LogP contribution >= 0.6 is 12.6 Å². The van der Waals surface area contributed by atoms with E-state index in [2.05, 4.69) is 12.6 Å². The first-order valence-electron chi connectivity index (χ1n) is 5.40. The van der Waals surface area contributed by atoms with Crippen molar-refractivity contribution in [3.8, 4) is 5.75 Å². The Bertz CT molecular complexity index is 439. The number of hydrogen-bond donors (Lipinski definition) is 1. The fourth-order valence-electron chi connectivity index (χ4n) is 1.97. The first-order valence-corrected chi connectivity index (χ1v) is 6.03. The topological polar surface area (TPSA) is 29.5 Å². The van der Waals surface area contributed by atoms with Gasteiger partial charge in [0, 0.05) is 19.0 Å². The summed E-state index contributed by atoms with van der Waals surface area (Å²) >= 11 is 4.17. The standard InChI is InChI=1S/C12H14FNO2S/c1-16-9-2-3-11(10(13)5-9)14-6-8(7-17)4-12(14)15/h2-3,5,8,17H,4,6-7H2,1H3. The van der Waals surface area contributed by atoms with Crippen LogP contribution in [0.25, 0.3) is 0 Å². The van der Waals surface area contributed by atoms with E-state index in [1.165, 1.54) is 18.1 Å². The summed E-state index contributed by atoms with van der Waals surface area (Å²) in [6.45, 7) is 0.533. The molecule has 3 nitrogen and oxygen atoms in total. The molecule has 1 heterocycles. The molecule has 1 saturated heterocycles. The first kappa shape index (κ1) is 12.2. The van der Waals surface area contributed by atoms with Crippen molar-refractivity contribution >= 4 is 24.2 Å². The van der Waals surface area contributed by atoms with Crippen LogP contribution in [0.1, 0.15) is 6.42 Å². The molecule has 0 bridgehead atoms. The van der Waals surface area contributed by atoms with Crippen molar-refractivity contribution in [3.63, 3.8) is 0 Å². The predicted molar refractivity (Wildman–Crippen MR) is 67.3 cm³/mol. The number of nitrogens with zero attached hydrogens (tertiary/aromatic N) is 1. The monoisotopic (exact) mass is 255 g/mol. The number of ether oxygens (including phenoxy) is 1. The normalized spacial score (nSPS) is 19.8. The van der Waals surface area contributed by atoms with E-state index in [1.54, 1.807) is 12.1 Å². The molecule has 1 aliphatic heterocycles. The maximum atomic E-state index is 13.8. The summed E-state index contributed by atoms with van der Waals surface area (Å²) in [5.74, 6) is 0.807. The second kappa shape index (κ2) is 4.96. The van der Waals surface area contributed by atoms with Crippen LogP contribution < -0.4 is 9.64 Å². The molecule has 0 aliphatic carbocycles. The van der Waals surface area contributed by atoms with Crippen LogP contribution in [0.4, 0.5) is 10.1 Å². The molecule has 1 amide bonds. The van der Waals surface area contributed by atoms with Gasteiger partial charge in [0.25, 0.3) is 0 Å². The fraction of sp³-hybridized carbons (Fsp3) is 0.417. The molecule has 0 N–H and O–H groups in total. The van der Waals surface area contributed by atoms with Crippen molar-refractivity contribution in [1.29, 1.82) is 0 Å². The van der Waals surface area contributed by atoms with E-state index in [9.17, 15) is 9.18 Å². The van der Waals surface area contributed by atoms with Gasteiger partial charge in [-0.1, -0.05) is 0 Å². The Morgan fingerprint density at radius 3 is 2.88 bits per heavy atom. The van der Waals surface area contributed by atoms with Gasteiger partial charge in [-0.3, -0.25) is 4.79 Å². The van der Waals surface area contributed by atoms with Gasteiger partial charge < -0.3 is 9.64 Å². The average molecular weight is 255 g/mol. The number of carbonyl (C=O) groups excluding carboxylic acids is 1. The van der Waals surface area contributed by atoms with Gasteiger partial charge in [-0.15, -0.1) is 0 Å². The number of methoxy groups -OCH3 is 1. The fourth-order valence-corrected chi connectivity index (χ4v) is 2.21. The van der Waals surface area contributed by atoms with E-state index in [4.69, 9.17) is 4.74 Å². The van der Waals surface area contributed by atoms with Gasteiger partial charge in [0.15, 0.2) is 5.82 Å². The van der Waals surface area contributed by atoms with Crippen molar-refractivity contribution in [2.45, 2.75) is 6.42 Å². The number of thiol groups is 1. The molecular formula is C12H14FNO2S. The Kier molecular flexibility index (Phi) is 3.57. The van der Waals surface area contributed by atoms with E-state index in [0.29, 0.717) is 30.2 Å². The molecule has 1 aromatic carbocycles. The highest BCUT2D eigenvalue weighted by molar-refractivity contribution is 7.80. The lowest BCUT2D eigenvalue weighted by Crippen LogP contribution is -2.25. The van der Waals surface area contributed by atoms with Gasteiger partial charge in [0.2, 0.25) is 5.91 Å².